The Bertz CT molecular complexity index is 4010. The van der Waals surface area contributed by atoms with E-state index in [0.717, 1.165) is 44.7 Å². The van der Waals surface area contributed by atoms with Crippen LogP contribution >= 0.6 is 0 Å². The predicted molar refractivity (Wildman–Crippen MR) is 313 cm³/mol. The van der Waals surface area contributed by atoms with Gasteiger partial charge in [-0.15, -0.1) is 0 Å². The topological polar surface area (TPSA) is 25.8 Å². The molecular weight excluding hydrogens is 893 g/mol. The van der Waals surface area contributed by atoms with Gasteiger partial charge in [-0.05, 0) is 122 Å². The summed E-state index contributed by atoms with van der Waals surface area (Å²) in [6.07, 6.45) is 0. The van der Waals surface area contributed by atoms with Gasteiger partial charge in [-0.2, -0.15) is 0 Å². The van der Waals surface area contributed by atoms with Gasteiger partial charge in [0, 0.05) is 11.1 Å². The van der Waals surface area contributed by atoms with E-state index < -0.39 is 0 Å². The van der Waals surface area contributed by atoms with Crippen molar-refractivity contribution in [3.8, 4) is 89.3 Å². The fourth-order valence-electron chi connectivity index (χ4n) is 11.4. The van der Waals surface area contributed by atoms with Crippen molar-refractivity contribution in [3.63, 3.8) is 0 Å². The van der Waals surface area contributed by atoms with Gasteiger partial charge in [0.05, 0.1) is 22.4 Å². The van der Waals surface area contributed by atoms with Crippen LogP contribution in [-0.2, 0) is 0 Å². The van der Waals surface area contributed by atoms with Crippen LogP contribution in [-0.4, -0.2) is 9.97 Å². The standard InChI is InChI=1S/C72H46N2/c1-3-17-47(18-4-1)49-31-35-51(36-32-49)67-57-21-7-11-25-61(57)69(62-26-12-8-22-58(62)67)53-39-43-55(44-40-53)71-72(74-66-30-16-15-29-65(66)73-71)56-45-41-54(42-46-56)70-63-27-13-9-23-59(63)68(60-24-10-14-28-64(60)70)52-37-33-50(34-38-52)48-19-5-2-6-20-48/h1-46H. The lowest BCUT2D eigenvalue weighted by Gasteiger charge is -2.18. The summed E-state index contributed by atoms with van der Waals surface area (Å²) in [5, 5.41) is 9.81. The third kappa shape index (κ3) is 7.43. The summed E-state index contributed by atoms with van der Waals surface area (Å²) in [6.45, 7) is 0. The first-order valence-electron chi connectivity index (χ1n) is 25.4. The summed E-state index contributed by atoms with van der Waals surface area (Å²) in [4.78, 5) is 10.7. The van der Waals surface area contributed by atoms with E-state index in [0.29, 0.717) is 0 Å². The second-order valence-corrected chi connectivity index (χ2v) is 19.1. The molecule has 14 aromatic rings. The van der Waals surface area contributed by atoms with Gasteiger partial charge in [-0.3, -0.25) is 0 Å². The Morgan fingerprint density at radius 2 is 0.338 bits per heavy atom. The van der Waals surface area contributed by atoms with Crippen molar-refractivity contribution in [1.82, 2.24) is 9.97 Å². The van der Waals surface area contributed by atoms with Crippen LogP contribution in [0.4, 0.5) is 0 Å². The molecule has 14 rings (SSSR count). The SMILES string of the molecule is c1ccc(-c2ccc(-c3c4ccccc4c(-c4ccc(-c5nc6ccccc6nc5-c5ccc(-c6c7ccccc7c(-c7ccc(-c8ccccc8)cc7)c7ccccc67)cc5)cc4)c4ccccc34)cc2)cc1. The van der Waals surface area contributed by atoms with Crippen LogP contribution in [0.1, 0.15) is 0 Å². The number of aromatic nitrogens is 2. The van der Waals surface area contributed by atoms with Gasteiger partial charge in [-0.1, -0.05) is 267 Å². The molecule has 0 aliphatic heterocycles. The molecule has 0 saturated carbocycles. The average Bonchev–Trinajstić information content (AvgIpc) is 3.49. The summed E-state index contributed by atoms with van der Waals surface area (Å²) in [7, 11) is 0. The van der Waals surface area contributed by atoms with Gasteiger partial charge >= 0.3 is 0 Å². The molecule has 0 fully saturated rings. The average molecular weight is 939 g/mol. The first-order valence-corrected chi connectivity index (χ1v) is 25.4. The monoisotopic (exact) mass is 938 g/mol. The summed E-state index contributed by atoms with van der Waals surface area (Å²) < 4.78 is 0. The molecule has 74 heavy (non-hydrogen) atoms. The number of nitrogens with zero attached hydrogens (tertiary/aromatic N) is 2. The third-order valence-electron chi connectivity index (χ3n) is 14.9. The summed E-state index contributed by atoms with van der Waals surface area (Å²) in [6, 6.07) is 101. The predicted octanol–water partition coefficient (Wildman–Crippen LogP) is 19.6. The highest BCUT2D eigenvalue weighted by Gasteiger charge is 2.21. The Kier molecular flexibility index (Phi) is 10.6. The molecule has 0 atom stereocenters. The number of benzene rings is 13. The zero-order valence-corrected chi connectivity index (χ0v) is 40.5. The van der Waals surface area contributed by atoms with Crippen LogP contribution in [0.5, 0.6) is 0 Å². The van der Waals surface area contributed by atoms with Crippen molar-refractivity contribution in [3.05, 3.63) is 279 Å². The molecule has 13 aromatic carbocycles. The first kappa shape index (κ1) is 43.1. The van der Waals surface area contributed by atoms with Crippen LogP contribution in [0.25, 0.3) is 143 Å². The maximum Gasteiger partial charge on any atom is 0.0973 e. The molecule has 0 bridgehead atoms. The Hall–Kier alpha value is -9.76. The van der Waals surface area contributed by atoms with E-state index in [1.807, 2.05) is 12.1 Å². The lowest BCUT2D eigenvalue weighted by atomic mass is 9.85. The number of hydrogen-bond donors (Lipinski definition) is 0. The molecule has 0 radical (unpaired) electrons. The van der Waals surface area contributed by atoms with E-state index in [4.69, 9.17) is 9.97 Å². The quantitative estimate of drug-likeness (QED) is 0.142. The highest BCUT2D eigenvalue weighted by atomic mass is 14.8. The molecule has 1 heterocycles. The van der Waals surface area contributed by atoms with Crippen molar-refractivity contribution < 1.29 is 0 Å². The molecule has 0 unspecified atom stereocenters. The Labute approximate surface area is 430 Å². The van der Waals surface area contributed by atoms with Gasteiger partial charge in [0.15, 0.2) is 0 Å². The molecule has 0 amide bonds. The van der Waals surface area contributed by atoms with Crippen LogP contribution in [0, 0.1) is 0 Å². The zero-order chi connectivity index (χ0) is 49.0. The van der Waals surface area contributed by atoms with Crippen LogP contribution in [0.2, 0.25) is 0 Å². The molecule has 0 aliphatic rings. The summed E-state index contributed by atoms with van der Waals surface area (Å²) in [5.41, 5.74) is 20.0. The van der Waals surface area contributed by atoms with Crippen molar-refractivity contribution in [2.24, 2.45) is 0 Å². The zero-order valence-electron chi connectivity index (χ0n) is 40.5. The lowest BCUT2D eigenvalue weighted by Crippen LogP contribution is -1.96. The lowest BCUT2D eigenvalue weighted by molar-refractivity contribution is 1.29. The van der Waals surface area contributed by atoms with E-state index in [9.17, 15) is 0 Å². The number of rotatable bonds is 8. The Morgan fingerprint density at radius 1 is 0.149 bits per heavy atom. The molecule has 1 aromatic heterocycles. The molecule has 0 N–H and O–H groups in total. The second kappa shape index (κ2) is 18.1. The summed E-state index contributed by atoms with van der Waals surface area (Å²) >= 11 is 0. The Morgan fingerprint density at radius 3 is 0.595 bits per heavy atom. The van der Waals surface area contributed by atoms with Crippen molar-refractivity contribution in [1.29, 1.82) is 0 Å². The van der Waals surface area contributed by atoms with Gasteiger partial charge < -0.3 is 0 Å². The van der Waals surface area contributed by atoms with E-state index in [-0.39, 0.29) is 0 Å². The largest absolute Gasteiger partial charge is 0.244 e. The van der Waals surface area contributed by atoms with E-state index in [2.05, 4.69) is 267 Å². The maximum absolute atomic E-state index is 5.36. The number of fused-ring (bicyclic) bond motifs is 5. The van der Waals surface area contributed by atoms with Gasteiger partial charge in [-0.25, -0.2) is 9.97 Å². The smallest absolute Gasteiger partial charge is 0.0973 e. The van der Waals surface area contributed by atoms with Crippen molar-refractivity contribution in [2.45, 2.75) is 0 Å². The molecule has 2 nitrogen and oxygen atoms in total. The minimum absolute atomic E-state index is 0.852. The number of hydrogen-bond acceptors (Lipinski definition) is 2. The van der Waals surface area contributed by atoms with Gasteiger partial charge in [0.1, 0.15) is 0 Å². The highest BCUT2D eigenvalue weighted by molar-refractivity contribution is 6.23. The van der Waals surface area contributed by atoms with Gasteiger partial charge in [0.2, 0.25) is 0 Å². The van der Waals surface area contributed by atoms with Crippen LogP contribution < -0.4 is 0 Å². The first-order chi connectivity index (χ1) is 36.7. The minimum atomic E-state index is 0.852. The van der Waals surface area contributed by atoms with Crippen molar-refractivity contribution >= 4 is 54.1 Å². The molecule has 344 valence electrons. The summed E-state index contributed by atoms with van der Waals surface area (Å²) in [5.74, 6) is 0. The number of para-hydroxylation sites is 2. The molecule has 0 saturated heterocycles. The van der Waals surface area contributed by atoms with Crippen LogP contribution in [0.15, 0.2) is 279 Å². The normalized spacial score (nSPS) is 11.5. The molecule has 0 aliphatic carbocycles. The Balaban J connectivity index is 0.855. The van der Waals surface area contributed by atoms with Gasteiger partial charge in [0.25, 0.3) is 0 Å². The van der Waals surface area contributed by atoms with E-state index in [1.165, 1.54) is 98.7 Å². The second-order valence-electron chi connectivity index (χ2n) is 19.1. The van der Waals surface area contributed by atoms with Crippen LogP contribution in [0.3, 0.4) is 0 Å². The minimum Gasteiger partial charge on any atom is -0.244 e. The third-order valence-corrected chi connectivity index (χ3v) is 14.9. The molecular formula is C72H46N2. The maximum atomic E-state index is 5.36. The van der Waals surface area contributed by atoms with E-state index >= 15 is 0 Å². The van der Waals surface area contributed by atoms with E-state index in [1.54, 1.807) is 0 Å². The highest BCUT2D eigenvalue weighted by Crippen LogP contribution is 2.47. The fourth-order valence-corrected chi connectivity index (χ4v) is 11.4. The van der Waals surface area contributed by atoms with Crippen molar-refractivity contribution in [2.75, 3.05) is 0 Å². The molecule has 2 heteroatoms. The molecule has 0 spiro atoms. The fraction of sp³-hybridized carbons (Fsp3) is 0.